The first kappa shape index (κ1) is 22.5. The van der Waals surface area contributed by atoms with Crippen LogP contribution in [0.2, 0.25) is 0 Å². The number of ether oxygens (including phenoxy) is 1. The summed E-state index contributed by atoms with van der Waals surface area (Å²) in [7, 11) is 0. The smallest absolute Gasteiger partial charge is 0.266 e. The van der Waals surface area contributed by atoms with Gasteiger partial charge in [-0.15, -0.1) is 0 Å². The molecule has 2 aromatic carbocycles. The highest BCUT2D eigenvalue weighted by molar-refractivity contribution is 14.1. The maximum Gasteiger partial charge on any atom is 0.266 e. The highest BCUT2D eigenvalue weighted by Gasteiger charge is 2.37. The van der Waals surface area contributed by atoms with E-state index in [-0.39, 0.29) is 11.9 Å². The van der Waals surface area contributed by atoms with Crippen molar-refractivity contribution in [1.82, 2.24) is 4.90 Å². The van der Waals surface area contributed by atoms with Gasteiger partial charge in [-0.25, -0.2) is 0 Å². The van der Waals surface area contributed by atoms with Crippen LogP contribution in [0.4, 0.5) is 0 Å². The highest BCUT2D eigenvalue weighted by atomic mass is 127. The van der Waals surface area contributed by atoms with Crippen LogP contribution in [0, 0.1) is 7.14 Å². The molecule has 1 aliphatic carbocycles. The van der Waals surface area contributed by atoms with Gasteiger partial charge in [-0.1, -0.05) is 73.6 Å². The SMILES string of the molecule is O=C1/C(=C/c2cc(I)c(OCc3ccccc3)c(I)c2)SC(=S)N1C1CCCCC1. The molecule has 0 atom stereocenters. The Morgan fingerprint density at radius 2 is 1.77 bits per heavy atom. The number of rotatable bonds is 5. The number of carbonyl (C=O) groups is 1. The second-order valence-electron chi connectivity index (χ2n) is 7.43. The molecule has 1 saturated heterocycles. The minimum absolute atomic E-state index is 0.0614. The number of amides is 1. The molecule has 2 aromatic rings. The molecule has 1 heterocycles. The number of carbonyl (C=O) groups excluding carboxylic acids is 1. The van der Waals surface area contributed by atoms with Gasteiger partial charge in [0.05, 0.1) is 12.0 Å². The molecule has 0 spiro atoms. The quantitative estimate of drug-likeness (QED) is 0.196. The minimum Gasteiger partial charge on any atom is -0.487 e. The summed E-state index contributed by atoms with van der Waals surface area (Å²) >= 11 is 11.6. The van der Waals surface area contributed by atoms with Crippen molar-refractivity contribution in [1.29, 1.82) is 0 Å². The zero-order valence-corrected chi connectivity index (χ0v) is 22.2. The number of benzene rings is 2. The molecule has 0 unspecified atom stereocenters. The second kappa shape index (κ2) is 10.3. The first-order valence-corrected chi connectivity index (χ1v) is 13.3. The molecular formula is C23H21I2NO2S2. The average molecular weight is 661 g/mol. The van der Waals surface area contributed by atoms with Crippen LogP contribution in [0.25, 0.3) is 6.08 Å². The van der Waals surface area contributed by atoms with Gasteiger partial charge in [0.25, 0.3) is 5.91 Å². The lowest BCUT2D eigenvalue weighted by atomic mass is 9.94. The maximum atomic E-state index is 13.0. The van der Waals surface area contributed by atoms with Gasteiger partial charge in [-0.3, -0.25) is 9.69 Å². The van der Waals surface area contributed by atoms with Crippen molar-refractivity contribution >= 4 is 85.5 Å². The summed E-state index contributed by atoms with van der Waals surface area (Å²) in [6.45, 7) is 0.534. The van der Waals surface area contributed by atoms with E-state index in [1.54, 1.807) is 0 Å². The summed E-state index contributed by atoms with van der Waals surface area (Å²) in [5.74, 6) is 0.943. The van der Waals surface area contributed by atoms with Crippen molar-refractivity contribution in [3.63, 3.8) is 0 Å². The van der Waals surface area contributed by atoms with Crippen molar-refractivity contribution in [2.24, 2.45) is 0 Å². The maximum absolute atomic E-state index is 13.0. The van der Waals surface area contributed by atoms with Crippen molar-refractivity contribution in [3.8, 4) is 5.75 Å². The molecule has 3 nitrogen and oxygen atoms in total. The number of hydrogen-bond donors (Lipinski definition) is 0. The number of nitrogens with zero attached hydrogens (tertiary/aromatic N) is 1. The van der Waals surface area contributed by atoms with E-state index in [0.29, 0.717) is 10.9 Å². The summed E-state index contributed by atoms with van der Waals surface area (Å²) in [4.78, 5) is 15.6. The Balaban J connectivity index is 1.51. The lowest BCUT2D eigenvalue weighted by Gasteiger charge is -2.29. The molecule has 0 aromatic heterocycles. The molecule has 0 bridgehead atoms. The molecule has 0 N–H and O–H groups in total. The van der Waals surface area contributed by atoms with Crippen LogP contribution in [0.15, 0.2) is 47.4 Å². The average Bonchev–Trinajstić information content (AvgIpc) is 3.01. The molecule has 2 fully saturated rings. The van der Waals surface area contributed by atoms with Crippen LogP contribution in [0.3, 0.4) is 0 Å². The van der Waals surface area contributed by atoms with E-state index in [2.05, 4.69) is 69.4 Å². The van der Waals surface area contributed by atoms with Gasteiger partial charge < -0.3 is 4.74 Å². The Morgan fingerprint density at radius 1 is 1.10 bits per heavy atom. The van der Waals surface area contributed by atoms with Crippen molar-refractivity contribution in [2.45, 2.75) is 44.8 Å². The third-order valence-corrected chi connectivity index (χ3v) is 8.24. The second-order valence-corrected chi connectivity index (χ2v) is 11.4. The van der Waals surface area contributed by atoms with E-state index < -0.39 is 0 Å². The third kappa shape index (κ3) is 5.21. The van der Waals surface area contributed by atoms with Crippen LogP contribution in [0.1, 0.15) is 43.2 Å². The number of hydrogen-bond acceptors (Lipinski definition) is 4. The van der Waals surface area contributed by atoms with Crippen LogP contribution in [0.5, 0.6) is 5.75 Å². The molecular weight excluding hydrogens is 640 g/mol. The normalized spacial score (nSPS) is 19.0. The van der Waals surface area contributed by atoms with Crippen LogP contribution >= 0.6 is 69.2 Å². The van der Waals surface area contributed by atoms with Gasteiger partial charge >= 0.3 is 0 Å². The predicted octanol–water partition coefficient (Wildman–Crippen LogP) is 7.01. The Kier molecular flexibility index (Phi) is 7.75. The molecule has 1 aliphatic heterocycles. The third-order valence-electron chi connectivity index (χ3n) is 5.31. The Hall–Kier alpha value is -0.650. The van der Waals surface area contributed by atoms with Crippen LogP contribution in [-0.2, 0) is 11.4 Å². The zero-order valence-electron chi connectivity index (χ0n) is 16.3. The molecule has 1 amide bonds. The van der Waals surface area contributed by atoms with Gasteiger partial charge in [0, 0.05) is 6.04 Å². The minimum atomic E-state index is 0.0614. The fourth-order valence-electron chi connectivity index (χ4n) is 3.82. The lowest BCUT2D eigenvalue weighted by Crippen LogP contribution is -2.39. The van der Waals surface area contributed by atoms with Crippen LogP contribution in [-0.4, -0.2) is 21.2 Å². The molecule has 156 valence electrons. The van der Waals surface area contributed by atoms with Gasteiger partial charge in [0.15, 0.2) is 0 Å². The van der Waals surface area contributed by atoms with E-state index in [1.807, 2.05) is 29.2 Å². The number of thiocarbonyl (C=S) groups is 1. The molecule has 2 aliphatic rings. The van der Waals surface area contributed by atoms with Gasteiger partial charge in [0.2, 0.25) is 0 Å². The monoisotopic (exact) mass is 661 g/mol. The van der Waals surface area contributed by atoms with Crippen molar-refractivity contribution in [2.75, 3.05) is 0 Å². The number of thioether (sulfide) groups is 1. The van der Waals surface area contributed by atoms with E-state index in [1.165, 1.54) is 31.0 Å². The predicted molar refractivity (Wildman–Crippen MR) is 145 cm³/mol. The Bertz CT molecular complexity index is 965. The van der Waals surface area contributed by atoms with E-state index in [9.17, 15) is 4.79 Å². The van der Waals surface area contributed by atoms with E-state index in [0.717, 1.165) is 41.8 Å². The Morgan fingerprint density at radius 3 is 2.43 bits per heavy atom. The van der Waals surface area contributed by atoms with Gasteiger partial charge in [-0.05, 0) is 87.4 Å². The van der Waals surface area contributed by atoms with Crippen molar-refractivity contribution < 1.29 is 9.53 Å². The Labute approximate surface area is 214 Å². The molecule has 0 radical (unpaired) electrons. The topological polar surface area (TPSA) is 29.5 Å². The summed E-state index contributed by atoms with van der Waals surface area (Å²) < 4.78 is 8.84. The summed E-state index contributed by atoms with van der Waals surface area (Å²) in [6.07, 6.45) is 7.71. The fourth-order valence-corrected chi connectivity index (χ4v) is 7.34. The van der Waals surface area contributed by atoms with Gasteiger partial charge in [-0.2, -0.15) is 0 Å². The summed E-state index contributed by atoms with van der Waals surface area (Å²) in [5, 5.41) is 0. The lowest BCUT2D eigenvalue weighted by molar-refractivity contribution is -0.124. The first-order chi connectivity index (χ1) is 14.5. The molecule has 1 saturated carbocycles. The van der Waals surface area contributed by atoms with Crippen molar-refractivity contribution in [3.05, 3.63) is 65.6 Å². The van der Waals surface area contributed by atoms with E-state index >= 15 is 0 Å². The first-order valence-electron chi connectivity index (χ1n) is 9.96. The van der Waals surface area contributed by atoms with Crippen LogP contribution < -0.4 is 4.74 Å². The largest absolute Gasteiger partial charge is 0.487 e. The molecule has 30 heavy (non-hydrogen) atoms. The van der Waals surface area contributed by atoms with Gasteiger partial charge in [0.1, 0.15) is 16.7 Å². The zero-order chi connectivity index (χ0) is 21.1. The fraction of sp³-hybridized carbons (Fsp3) is 0.304. The summed E-state index contributed by atoms with van der Waals surface area (Å²) in [5.41, 5.74) is 2.14. The number of halogens is 2. The van der Waals surface area contributed by atoms with E-state index in [4.69, 9.17) is 17.0 Å². The molecule has 4 rings (SSSR count). The summed E-state index contributed by atoms with van der Waals surface area (Å²) in [6, 6.07) is 14.5. The highest BCUT2D eigenvalue weighted by Crippen LogP contribution is 2.38. The standard InChI is InChI=1S/C23H21I2NO2S2/c24-18-11-16(12-19(25)21(18)28-14-15-7-3-1-4-8-15)13-20-22(27)26(23(29)30-20)17-9-5-2-6-10-17/h1,3-4,7-8,11-13,17H,2,5-6,9-10,14H2/b20-13-. The molecule has 7 heteroatoms.